The topological polar surface area (TPSA) is 40.8 Å². The molecule has 0 aliphatic heterocycles. The second-order valence-corrected chi connectivity index (χ2v) is 16.0. The van der Waals surface area contributed by atoms with Gasteiger partial charge in [0.05, 0.1) is 16.6 Å². The Morgan fingerprint density at radius 1 is 0.508 bits per heavy atom. The summed E-state index contributed by atoms with van der Waals surface area (Å²) in [6.45, 7) is 6.71. The largest absolute Gasteiger partial charge is 1.00 e. The first kappa shape index (κ1) is 36.2. The van der Waals surface area contributed by atoms with Crippen molar-refractivity contribution in [2.75, 3.05) is 0 Å². The van der Waals surface area contributed by atoms with Gasteiger partial charge in [0.1, 0.15) is 28.5 Å². The number of rotatable bonds is 6. The fourth-order valence-electron chi connectivity index (χ4n) is 8.65. The minimum atomic E-state index is -0.00442. The number of pyridine rings is 1. The molecule has 0 N–H and O–H groups in total. The molecule has 0 aliphatic rings. The molecule has 0 atom stereocenters. The number of para-hydroxylation sites is 6. The molecule has 0 fully saturated rings. The van der Waals surface area contributed by atoms with Crippen molar-refractivity contribution in [2.45, 2.75) is 26.2 Å². The highest BCUT2D eigenvalue weighted by atomic mass is 35.5. The van der Waals surface area contributed by atoms with Crippen LogP contribution >= 0.6 is 0 Å². The van der Waals surface area contributed by atoms with Crippen LogP contribution in [0.5, 0.6) is 11.5 Å². The van der Waals surface area contributed by atoms with Crippen LogP contribution in [0.3, 0.4) is 0 Å². The first-order valence-corrected chi connectivity index (χ1v) is 19.8. The highest BCUT2D eigenvalue weighted by Crippen LogP contribution is 2.37. The van der Waals surface area contributed by atoms with E-state index in [1.807, 2.05) is 12.3 Å². The van der Waals surface area contributed by atoms with Crippen LogP contribution in [0, 0.1) is 0 Å². The normalized spacial score (nSPS) is 11.8. The molecule has 4 aromatic heterocycles. The van der Waals surface area contributed by atoms with E-state index in [1.165, 1.54) is 27.2 Å². The molecule has 0 radical (unpaired) electrons. The van der Waals surface area contributed by atoms with Gasteiger partial charge >= 0.3 is 0 Å². The Morgan fingerprint density at radius 3 is 1.93 bits per heavy atom. The molecule has 4 heterocycles. The van der Waals surface area contributed by atoms with Gasteiger partial charge < -0.3 is 21.7 Å². The van der Waals surface area contributed by atoms with Crippen LogP contribution in [0.25, 0.3) is 77.5 Å². The molecule has 11 aromatic rings. The van der Waals surface area contributed by atoms with Crippen LogP contribution in [0.1, 0.15) is 26.3 Å². The molecule has 0 saturated carbocycles. The van der Waals surface area contributed by atoms with E-state index in [9.17, 15) is 0 Å². The summed E-state index contributed by atoms with van der Waals surface area (Å²) in [7, 11) is 0. The lowest BCUT2D eigenvalue weighted by Crippen LogP contribution is -3.00. The zero-order chi connectivity index (χ0) is 39.0. The smallest absolute Gasteiger partial charge is 0.255 e. The number of halogens is 1. The van der Waals surface area contributed by atoms with Gasteiger partial charge in [0.15, 0.2) is 16.7 Å². The highest BCUT2D eigenvalue weighted by Gasteiger charge is 2.24. The summed E-state index contributed by atoms with van der Waals surface area (Å²) in [5, 5.41) is 4.78. The van der Waals surface area contributed by atoms with Gasteiger partial charge in [-0.1, -0.05) is 106 Å². The Morgan fingerprint density at radius 2 is 1.14 bits per heavy atom. The summed E-state index contributed by atoms with van der Waals surface area (Å²) >= 11 is 0. The molecule has 286 valence electrons. The standard InChI is InChI=1S/C52H40N5O.ClH/c1-52(2,3)35-29-30-53-50(31-35)57-45-23-10-7-19-40(45)42-28-27-39(33-49(42)57)58-38-18-13-17-37(32-38)54-34-55(47-25-12-11-24-46(47)54)48-26-14-21-43-41-20-8-9-22-44(41)56(51(43)48)36-15-5-4-6-16-36;/h4-34H,1-3H3;1H/q+1;/p-1. The molecule has 0 saturated heterocycles. The predicted octanol–water partition coefficient (Wildman–Crippen LogP) is 9.59. The van der Waals surface area contributed by atoms with E-state index in [0.717, 1.165) is 67.3 Å². The summed E-state index contributed by atoms with van der Waals surface area (Å²) in [5.41, 5.74) is 11.2. The lowest BCUT2D eigenvalue weighted by molar-refractivity contribution is -0.566. The Kier molecular flexibility index (Phi) is 8.62. The van der Waals surface area contributed by atoms with Crippen LogP contribution in [0.2, 0.25) is 0 Å². The molecule has 11 rings (SSSR count). The van der Waals surface area contributed by atoms with Crippen LogP contribution in [0.15, 0.2) is 188 Å². The van der Waals surface area contributed by atoms with Crippen molar-refractivity contribution in [2.24, 2.45) is 0 Å². The molecule has 7 aromatic carbocycles. The SMILES string of the molecule is CC(C)(C)c1ccnc(-n2c3ccccc3c3ccc(Oc4cccc(-n5c[n+](-c6cccc7c8ccccc8n(-c8ccccc8)c67)c6ccccc65)c4)cc32)c1.[Cl-]. The minimum absolute atomic E-state index is 0. The van der Waals surface area contributed by atoms with Crippen molar-refractivity contribution >= 4 is 54.6 Å². The second-order valence-electron chi connectivity index (χ2n) is 16.0. The fourth-order valence-corrected chi connectivity index (χ4v) is 8.65. The van der Waals surface area contributed by atoms with Gasteiger partial charge in [-0.2, -0.15) is 9.13 Å². The van der Waals surface area contributed by atoms with Gasteiger partial charge in [0.2, 0.25) is 0 Å². The third kappa shape index (κ3) is 5.95. The van der Waals surface area contributed by atoms with Gasteiger partial charge in [-0.25, -0.2) is 4.98 Å². The maximum Gasteiger partial charge on any atom is 0.255 e. The molecule has 0 spiro atoms. The molecular formula is C52H40ClN5O. The van der Waals surface area contributed by atoms with Crippen molar-refractivity contribution in [3.05, 3.63) is 194 Å². The number of aromatic nitrogens is 5. The first-order valence-electron chi connectivity index (χ1n) is 19.8. The molecule has 0 amide bonds. The van der Waals surface area contributed by atoms with Crippen LogP contribution in [0.4, 0.5) is 0 Å². The number of nitrogens with zero attached hydrogens (tertiary/aromatic N) is 5. The predicted molar refractivity (Wildman–Crippen MR) is 236 cm³/mol. The maximum absolute atomic E-state index is 6.72. The quantitative estimate of drug-likeness (QED) is 0.158. The van der Waals surface area contributed by atoms with Crippen LogP contribution in [-0.4, -0.2) is 18.7 Å². The van der Waals surface area contributed by atoms with Gasteiger partial charge in [-0.3, -0.25) is 4.57 Å². The molecule has 6 nitrogen and oxygen atoms in total. The molecule has 0 bridgehead atoms. The van der Waals surface area contributed by atoms with Crippen molar-refractivity contribution in [3.8, 4) is 34.4 Å². The molecule has 59 heavy (non-hydrogen) atoms. The molecule has 0 unspecified atom stereocenters. The van der Waals surface area contributed by atoms with E-state index in [2.05, 4.69) is 215 Å². The number of imidazole rings is 1. The summed E-state index contributed by atoms with van der Waals surface area (Å²) < 4.78 is 15.9. The Balaban J connectivity index is 0.00000420. The average Bonchev–Trinajstić information content (AvgIpc) is 3.92. The summed E-state index contributed by atoms with van der Waals surface area (Å²) in [6, 6.07) is 62.1. The van der Waals surface area contributed by atoms with E-state index in [-0.39, 0.29) is 17.8 Å². The number of ether oxygens (including phenoxy) is 1. The van der Waals surface area contributed by atoms with E-state index in [4.69, 9.17) is 9.72 Å². The fraction of sp³-hybridized carbons (Fsp3) is 0.0769. The monoisotopic (exact) mass is 785 g/mol. The maximum atomic E-state index is 6.72. The Labute approximate surface area is 348 Å². The number of hydrogen-bond donors (Lipinski definition) is 0. The zero-order valence-corrected chi connectivity index (χ0v) is 33.7. The molecule has 7 heteroatoms. The van der Waals surface area contributed by atoms with Crippen LogP contribution in [-0.2, 0) is 5.41 Å². The first-order chi connectivity index (χ1) is 28.4. The minimum Gasteiger partial charge on any atom is -1.00 e. The van der Waals surface area contributed by atoms with Gasteiger partial charge in [-0.05, 0) is 89.8 Å². The summed E-state index contributed by atoms with van der Waals surface area (Å²) in [4.78, 5) is 4.87. The molecule has 0 aliphatic carbocycles. The van der Waals surface area contributed by atoms with Gasteiger partial charge in [-0.15, -0.1) is 0 Å². The zero-order valence-electron chi connectivity index (χ0n) is 32.9. The van der Waals surface area contributed by atoms with E-state index >= 15 is 0 Å². The van der Waals surface area contributed by atoms with Gasteiger partial charge in [0, 0.05) is 45.6 Å². The summed E-state index contributed by atoms with van der Waals surface area (Å²) in [6.07, 6.45) is 4.12. The Bertz CT molecular complexity index is 3370. The van der Waals surface area contributed by atoms with Gasteiger partial charge in [0.25, 0.3) is 6.33 Å². The lowest BCUT2D eigenvalue weighted by atomic mass is 9.88. The number of fused-ring (bicyclic) bond motifs is 7. The second kappa shape index (κ2) is 14.0. The molecular weight excluding hydrogens is 746 g/mol. The van der Waals surface area contributed by atoms with Crippen LogP contribution < -0.4 is 21.7 Å². The third-order valence-corrected chi connectivity index (χ3v) is 11.4. The van der Waals surface area contributed by atoms with Crippen molar-refractivity contribution in [1.29, 1.82) is 0 Å². The van der Waals surface area contributed by atoms with Crippen molar-refractivity contribution < 1.29 is 21.7 Å². The summed E-state index contributed by atoms with van der Waals surface area (Å²) in [5.74, 6) is 2.40. The average molecular weight is 786 g/mol. The highest BCUT2D eigenvalue weighted by molar-refractivity contribution is 6.11. The van der Waals surface area contributed by atoms with E-state index in [0.29, 0.717) is 0 Å². The Hall–Kier alpha value is -7.15. The van der Waals surface area contributed by atoms with E-state index in [1.54, 1.807) is 0 Å². The third-order valence-electron chi connectivity index (χ3n) is 11.4. The van der Waals surface area contributed by atoms with E-state index < -0.39 is 0 Å². The lowest BCUT2D eigenvalue weighted by Gasteiger charge is -2.20. The van der Waals surface area contributed by atoms with Crippen molar-refractivity contribution in [3.63, 3.8) is 0 Å². The number of hydrogen-bond acceptors (Lipinski definition) is 2. The number of benzene rings is 7. The van der Waals surface area contributed by atoms with Crippen molar-refractivity contribution in [1.82, 2.24) is 18.7 Å².